The van der Waals surface area contributed by atoms with Gasteiger partial charge in [0.15, 0.2) is 5.83 Å². The van der Waals surface area contributed by atoms with Crippen molar-refractivity contribution >= 4 is 11.9 Å². The van der Waals surface area contributed by atoms with E-state index in [4.69, 9.17) is 0 Å². The highest BCUT2D eigenvalue weighted by Crippen LogP contribution is 2.19. The Bertz CT molecular complexity index is 646. The minimum Gasteiger partial charge on any atom is -0.294 e. The molecule has 1 heterocycles. The Hall–Kier alpha value is -1.94. The van der Waals surface area contributed by atoms with Crippen LogP contribution in [0.1, 0.15) is 50.2 Å². The Labute approximate surface area is 138 Å². The lowest BCUT2D eigenvalue weighted by molar-refractivity contribution is 0.166. The maximum Gasteiger partial charge on any atom is 0.151 e. The van der Waals surface area contributed by atoms with E-state index >= 15 is 0 Å². The van der Waals surface area contributed by atoms with Gasteiger partial charge in [-0.1, -0.05) is 24.3 Å². The lowest BCUT2D eigenvalue weighted by Crippen LogP contribution is -2.36. The summed E-state index contributed by atoms with van der Waals surface area (Å²) in [5.74, 6) is -0.326. The minimum atomic E-state index is -0.326. The molecule has 0 fully saturated rings. The van der Waals surface area contributed by atoms with Gasteiger partial charge in [-0.3, -0.25) is 10.00 Å². The van der Waals surface area contributed by atoms with Gasteiger partial charge in [0.05, 0.1) is 0 Å². The summed E-state index contributed by atoms with van der Waals surface area (Å²) in [6.07, 6.45) is 1.52. The molecule has 0 spiro atoms. The summed E-state index contributed by atoms with van der Waals surface area (Å²) in [7, 11) is 0. The molecule has 0 saturated carbocycles. The Morgan fingerprint density at radius 3 is 2.26 bits per heavy atom. The summed E-state index contributed by atoms with van der Waals surface area (Å²) in [6, 6.07) is 10.7. The van der Waals surface area contributed by atoms with Crippen molar-refractivity contribution in [2.75, 3.05) is 0 Å². The molecule has 0 unspecified atom stereocenters. The monoisotopic (exact) mass is 315 g/mol. The van der Waals surface area contributed by atoms with E-state index in [0.29, 0.717) is 17.8 Å². The molecule has 1 N–H and O–H groups in total. The molecule has 1 aromatic heterocycles. The van der Waals surface area contributed by atoms with Gasteiger partial charge in [-0.2, -0.15) is 5.10 Å². The standard InChI is InChI=1S/C19H26FN3/c1-13(2)23(14(3)4)12-17-8-6-16(7-9-17)11-18(20)19-10-15(5)21-22-19/h6-11,13-14H,12H2,1-5H3,(H,21,22)/b18-11-. The number of aromatic amines is 1. The lowest BCUT2D eigenvalue weighted by Gasteiger charge is -2.30. The van der Waals surface area contributed by atoms with Gasteiger partial charge in [0.25, 0.3) is 0 Å². The van der Waals surface area contributed by atoms with Crippen LogP contribution in [0.2, 0.25) is 0 Å². The number of hydrogen-bond acceptors (Lipinski definition) is 2. The van der Waals surface area contributed by atoms with Gasteiger partial charge in [-0.15, -0.1) is 0 Å². The molecule has 0 aliphatic heterocycles. The van der Waals surface area contributed by atoms with Gasteiger partial charge >= 0.3 is 0 Å². The maximum absolute atomic E-state index is 14.1. The van der Waals surface area contributed by atoms with Gasteiger partial charge in [0, 0.05) is 24.3 Å². The molecular weight excluding hydrogens is 289 g/mol. The predicted octanol–water partition coefficient (Wildman–Crippen LogP) is 4.80. The average Bonchev–Trinajstić information content (AvgIpc) is 2.92. The van der Waals surface area contributed by atoms with E-state index < -0.39 is 0 Å². The third kappa shape index (κ3) is 4.76. The minimum absolute atomic E-state index is 0.326. The average molecular weight is 315 g/mol. The molecule has 0 amide bonds. The maximum atomic E-state index is 14.1. The molecule has 0 bridgehead atoms. The second kappa shape index (κ2) is 7.55. The van der Waals surface area contributed by atoms with E-state index in [2.05, 4.69) is 54.9 Å². The van der Waals surface area contributed by atoms with Crippen molar-refractivity contribution < 1.29 is 4.39 Å². The van der Waals surface area contributed by atoms with Crippen molar-refractivity contribution in [2.24, 2.45) is 0 Å². The Morgan fingerprint density at radius 2 is 1.78 bits per heavy atom. The van der Waals surface area contributed by atoms with Crippen LogP contribution in [0, 0.1) is 6.92 Å². The molecule has 4 heteroatoms. The first kappa shape index (κ1) is 17.4. The zero-order valence-electron chi connectivity index (χ0n) is 14.6. The van der Waals surface area contributed by atoms with Gasteiger partial charge in [0.2, 0.25) is 0 Å². The van der Waals surface area contributed by atoms with Crippen LogP contribution in [-0.4, -0.2) is 27.2 Å². The van der Waals surface area contributed by atoms with Gasteiger partial charge < -0.3 is 0 Å². The van der Waals surface area contributed by atoms with E-state index in [9.17, 15) is 4.39 Å². The second-order valence-electron chi connectivity index (χ2n) is 6.53. The van der Waals surface area contributed by atoms with Crippen molar-refractivity contribution in [1.82, 2.24) is 15.1 Å². The summed E-state index contributed by atoms with van der Waals surface area (Å²) >= 11 is 0. The summed E-state index contributed by atoms with van der Waals surface area (Å²) < 4.78 is 14.1. The number of nitrogens with zero attached hydrogens (tertiary/aromatic N) is 2. The molecule has 0 aliphatic rings. The van der Waals surface area contributed by atoms with E-state index in [1.807, 2.05) is 19.1 Å². The van der Waals surface area contributed by atoms with Crippen molar-refractivity contribution in [2.45, 2.75) is 53.2 Å². The molecule has 0 atom stereocenters. The fraction of sp³-hybridized carbons (Fsp3) is 0.421. The molecule has 23 heavy (non-hydrogen) atoms. The van der Waals surface area contributed by atoms with Crippen LogP contribution in [0.4, 0.5) is 4.39 Å². The van der Waals surface area contributed by atoms with Crippen LogP contribution >= 0.6 is 0 Å². The first-order valence-corrected chi connectivity index (χ1v) is 8.11. The zero-order chi connectivity index (χ0) is 17.0. The van der Waals surface area contributed by atoms with Crippen LogP contribution in [0.3, 0.4) is 0 Å². The summed E-state index contributed by atoms with van der Waals surface area (Å²) in [5, 5.41) is 6.68. The molecule has 0 aliphatic carbocycles. The van der Waals surface area contributed by atoms with Gasteiger partial charge in [-0.25, -0.2) is 4.39 Å². The summed E-state index contributed by atoms with van der Waals surface area (Å²) in [4.78, 5) is 2.43. The zero-order valence-corrected chi connectivity index (χ0v) is 14.6. The molecule has 0 radical (unpaired) electrons. The first-order chi connectivity index (χ1) is 10.9. The van der Waals surface area contributed by atoms with Crippen LogP contribution in [0.25, 0.3) is 11.9 Å². The fourth-order valence-corrected chi connectivity index (χ4v) is 2.65. The normalized spacial score (nSPS) is 12.7. The van der Waals surface area contributed by atoms with Crippen LogP contribution in [0.5, 0.6) is 0 Å². The molecule has 2 rings (SSSR count). The van der Waals surface area contributed by atoms with Crippen LogP contribution in [-0.2, 0) is 6.54 Å². The lowest BCUT2D eigenvalue weighted by atomic mass is 10.1. The SMILES string of the molecule is Cc1cc(/C(F)=C/c2ccc(CN(C(C)C)C(C)C)cc2)n[nH]1. The topological polar surface area (TPSA) is 31.9 Å². The highest BCUT2D eigenvalue weighted by Gasteiger charge is 2.13. The second-order valence-corrected chi connectivity index (χ2v) is 6.53. The van der Waals surface area contributed by atoms with E-state index in [0.717, 1.165) is 17.8 Å². The summed E-state index contributed by atoms with van der Waals surface area (Å²) in [6.45, 7) is 11.6. The predicted molar refractivity (Wildman–Crippen MR) is 94.6 cm³/mol. The van der Waals surface area contributed by atoms with E-state index in [-0.39, 0.29) is 5.83 Å². The van der Waals surface area contributed by atoms with Crippen molar-refractivity contribution in [1.29, 1.82) is 0 Å². The highest BCUT2D eigenvalue weighted by molar-refractivity contribution is 5.75. The van der Waals surface area contributed by atoms with Gasteiger partial charge in [0.1, 0.15) is 5.69 Å². The van der Waals surface area contributed by atoms with E-state index in [1.54, 1.807) is 6.07 Å². The molecule has 1 aromatic carbocycles. The number of aromatic nitrogens is 2. The molecule has 124 valence electrons. The number of nitrogens with one attached hydrogen (secondary N) is 1. The Kier molecular flexibility index (Phi) is 5.72. The van der Waals surface area contributed by atoms with Crippen molar-refractivity contribution in [3.05, 3.63) is 52.8 Å². The number of halogens is 1. The van der Waals surface area contributed by atoms with Crippen LogP contribution in [0.15, 0.2) is 30.3 Å². The number of hydrogen-bond donors (Lipinski definition) is 1. The number of H-pyrrole nitrogens is 1. The number of benzene rings is 1. The number of rotatable bonds is 6. The molecule has 0 saturated heterocycles. The largest absolute Gasteiger partial charge is 0.294 e. The van der Waals surface area contributed by atoms with Crippen molar-refractivity contribution in [3.63, 3.8) is 0 Å². The molecular formula is C19H26FN3. The fourth-order valence-electron chi connectivity index (χ4n) is 2.65. The Morgan fingerprint density at radius 1 is 1.17 bits per heavy atom. The van der Waals surface area contributed by atoms with Crippen molar-refractivity contribution in [3.8, 4) is 0 Å². The smallest absolute Gasteiger partial charge is 0.151 e. The van der Waals surface area contributed by atoms with Gasteiger partial charge in [-0.05, 0) is 57.9 Å². The first-order valence-electron chi connectivity index (χ1n) is 8.11. The van der Waals surface area contributed by atoms with E-state index in [1.165, 1.54) is 11.6 Å². The third-order valence-corrected chi connectivity index (χ3v) is 3.92. The Balaban J connectivity index is 2.10. The highest BCUT2D eigenvalue weighted by atomic mass is 19.1. The molecule has 2 aromatic rings. The van der Waals surface area contributed by atoms with Crippen LogP contribution < -0.4 is 0 Å². The summed E-state index contributed by atoms with van der Waals surface area (Å²) in [5.41, 5.74) is 3.27. The number of aryl methyl sites for hydroxylation is 1. The quantitative estimate of drug-likeness (QED) is 0.830. The third-order valence-electron chi connectivity index (χ3n) is 3.92. The molecule has 3 nitrogen and oxygen atoms in total.